The number of anilines is 3. The van der Waals surface area contributed by atoms with Crippen LogP contribution in [0, 0.1) is 0 Å². The highest BCUT2D eigenvalue weighted by molar-refractivity contribution is 6.17. The molecule has 258 valence electrons. The first kappa shape index (κ1) is 31.1. The number of aromatic nitrogens is 1. The van der Waals surface area contributed by atoms with Gasteiger partial charge in [0.05, 0.1) is 5.39 Å². The summed E-state index contributed by atoms with van der Waals surface area (Å²) in [7, 11) is 0. The Morgan fingerprint density at radius 1 is 0.345 bits per heavy atom. The molecule has 0 unspecified atom stereocenters. The summed E-state index contributed by atoms with van der Waals surface area (Å²) >= 11 is 0. The molecular formula is C51H32N2O2. The average Bonchev–Trinajstić information content (AvgIpc) is 3.86. The number of nitrogens with zero attached hydrogens (tertiary/aromatic N) is 2. The molecule has 0 saturated heterocycles. The molecular weight excluding hydrogens is 673 g/mol. The summed E-state index contributed by atoms with van der Waals surface area (Å²) in [6.07, 6.45) is 0. The van der Waals surface area contributed by atoms with Crippen molar-refractivity contribution in [1.29, 1.82) is 0 Å². The SMILES string of the molecule is c1ccc(-c2cccc(N(c3ccc(-c4ccc5c(c4)oc4ccc6oc(-c7ccccc7)nc6c45)cc3)c3ccc4ccc5ccccc5c4c3)c2)cc1. The second-order valence-electron chi connectivity index (χ2n) is 14.0. The molecule has 0 spiro atoms. The van der Waals surface area contributed by atoms with E-state index >= 15 is 0 Å². The predicted molar refractivity (Wildman–Crippen MR) is 227 cm³/mol. The molecule has 0 aliphatic carbocycles. The highest BCUT2D eigenvalue weighted by Gasteiger charge is 2.18. The molecule has 4 nitrogen and oxygen atoms in total. The lowest BCUT2D eigenvalue weighted by Crippen LogP contribution is -2.10. The molecule has 0 bridgehead atoms. The van der Waals surface area contributed by atoms with Gasteiger partial charge in [0.2, 0.25) is 5.89 Å². The van der Waals surface area contributed by atoms with E-state index in [1.54, 1.807) is 0 Å². The van der Waals surface area contributed by atoms with E-state index in [4.69, 9.17) is 13.8 Å². The Bertz CT molecular complexity index is 3200. The standard InChI is InChI=1S/C51H32N2O2/c1-3-10-33(11-4-1)38-15-9-16-41(30-38)53(42-26-22-36-19-18-35-12-7-8-17-43(35)45(36)32-42)40-24-20-34(21-25-40)39-23-27-44-48(31-39)54-46-28-29-47-50(49(44)46)52-51(55-47)37-13-5-2-6-14-37/h1-32H. The zero-order valence-corrected chi connectivity index (χ0v) is 29.7. The van der Waals surface area contributed by atoms with Crippen molar-refractivity contribution in [1.82, 2.24) is 4.98 Å². The minimum absolute atomic E-state index is 0.604. The number of rotatable bonds is 6. The summed E-state index contributed by atoms with van der Waals surface area (Å²) < 4.78 is 12.6. The fraction of sp³-hybridized carbons (Fsp3) is 0. The van der Waals surface area contributed by atoms with Gasteiger partial charge in [-0.05, 0) is 117 Å². The number of benzene rings is 9. The van der Waals surface area contributed by atoms with E-state index in [-0.39, 0.29) is 0 Å². The minimum atomic E-state index is 0.604. The van der Waals surface area contributed by atoms with Crippen molar-refractivity contribution in [2.75, 3.05) is 4.90 Å². The van der Waals surface area contributed by atoms with Crippen LogP contribution in [0.1, 0.15) is 0 Å². The lowest BCUT2D eigenvalue weighted by Gasteiger charge is -2.27. The maximum atomic E-state index is 6.44. The van der Waals surface area contributed by atoms with E-state index in [0.717, 1.165) is 66.8 Å². The molecule has 0 N–H and O–H groups in total. The van der Waals surface area contributed by atoms with Crippen molar-refractivity contribution in [3.8, 4) is 33.7 Å². The molecule has 11 rings (SSSR count). The number of hydrogen-bond acceptors (Lipinski definition) is 4. The highest BCUT2D eigenvalue weighted by Crippen LogP contribution is 2.41. The molecule has 4 heteroatoms. The first-order valence-electron chi connectivity index (χ1n) is 18.5. The second-order valence-corrected chi connectivity index (χ2v) is 14.0. The summed E-state index contributed by atoms with van der Waals surface area (Å²) in [5.74, 6) is 0.604. The summed E-state index contributed by atoms with van der Waals surface area (Å²) in [5.41, 5.74) is 11.9. The molecule has 0 fully saturated rings. The zero-order chi connectivity index (χ0) is 36.3. The van der Waals surface area contributed by atoms with Crippen molar-refractivity contribution < 1.29 is 8.83 Å². The Morgan fingerprint density at radius 3 is 1.80 bits per heavy atom. The Labute approximate surface area is 317 Å². The van der Waals surface area contributed by atoms with E-state index in [1.807, 2.05) is 42.5 Å². The smallest absolute Gasteiger partial charge is 0.227 e. The van der Waals surface area contributed by atoms with Gasteiger partial charge in [0.25, 0.3) is 0 Å². The van der Waals surface area contributed by atoms with Crippen LogP contribution in [0.2, 0.25) is 0 Å². The van der Waals surface area contributed by atoms with Gasteiger partial charge in [0.15, 0.2) is 5.58 Å². The van der Waals surface area contributed by atoms with Gasteiger partial charge in [-0.25, -0.2) is 4.98 Å². The monoisotopic (exact) mass is 704 g/mol. The van der Waals surface area contributed by atoms with E-state index < -0.39 is 0 Å². The molecule has 0 atom stereocenters. The Kier molecular flexibility index (Phi) is 7.14. The zero-order valence-electron chi connectivity index (χ0n) is 29.7. The number of hydrogen-bond donors (Lipinski definition) is 0. The highest BCUT2D eigenvalue weighted by atomic mass is 16.4. The quantitative estimate of drug-likeness (QED) is 0.162. The van der Waals surface area contributed by atoms with E-state index in [1.165, 1.54) is 32.7 Å². The summed E-state index contributed by atoms with van der Waals surface area (Å²) in [4.78, 5) is 7.27. The molecule has 0 saturated carbocycles. The second kappa shape index (κ2) is 12.6. The topological polar surface area (TPSA) is 42.4 Å². The van der Waals surface area contributed by atoms with Crippen molar-refractivity contribution in [3.63, 3.8) is 0 Å². The van der Waals surface area contributed by atoms with Crippen molar-refractivity contribution in [3.05, 3.63) is 194 Å². The third-order valence-electron chi connectivity index (χ3n) is 10.7. The molecule has 2 heterocycles. The largest absolute Gasteiger partial charge is 0.456 e. The summed E-state index contributed by atoms with van der Waals surface area (Å²) in [6.45, 7) is 0. The van der Waals surface area contributed by atoms with Gasteiger partial charge in [-0.1, -0.05) is 121 Å². The van der Waals surface area contributed by atoms with Gasteiger partial charge in [0.1, 0.15) is 16.7 Å². The fourth-order valence-corrected chi connectivity index (χ4v) is 7.97. The van der Waals surface area contributed by atoms with Crippen LogP contribution in [-0.4, -0.2) is 4.98 Å². The normalized spacial score (nSPS) is 11.6. The maximum absolute atomic E-state index is 6.44. The van der Waals surface area contributed by atoms with Crippen LogP contribution in [0.15, 0.2) is 203 Å². The predicted octanol–water partition coefficient (Wildman–Crippen LogP) is 14.5. The lowest BCUT2D eigenvalue weighted by atomic mass is 10.00. The summed E-state index contributed by atoms with van der Waals surface area (Å²) in [6, 6.07) is 68.4. The van der Waals surface area contributed by atoms with Crippen LogP contribution in [0.3, 0.4) is 0 Å². The Morgan fingerprint density at radius 2 is 0.964 bits per heavy atom. The van der Waals surface area contributed by atoms with E-state index in [0.29, 0.717) is 5.89 Å². The summed E-state index contributed by atoms with van der Waals surface area (Å²) in [5, 5.41) is 6.92. The number of furan rings is 1. The first-order chi connectivity index (χ1) is 27.2. The van der Waals surface area contributed by atoms with Gasteiger partial charge >= 0.3 is 0 Å². The molecule has 2 aromatic heterocycles. The van der Waals surface area contributed by atoms with Gasteiger partial charge in [-0.2, -0.15) is 0 Å². The average molecular weight is 705 g/mol. The third kappa shape index (κ3) is 5.34. The molecule has 0 amide bonds. The Hall–Kier alpha value is -7.43. The molecule has 11 aromatic rings. The molecule has 0 radical (unpaired) electrons. The Balaban J connectivity index is 1.00. The minimum Gasteiger partial charge on any atom is -0.456 e. The third-order valence-corrected chi connectivity index (χ3v) is 10.7. The van der Waals surface area contributed by atoms with Gasteiger partial charge in [0, 0.05) is 28.0 Å². The van der Waals surface area contributed by atoms with Crippen LogP contribution in [0.25, 0.3) is 88.3 Å². The van der Waals surface area contributed by atoms with Crippen LogP contribution >= 0.6 is 0 Å². The van der Waals surface area contributed by atoms with Crippen LogP contribution in [-0.2, 0) is 0 Å². The lowest BCUT2D eigenvalue weighted by molar-refractivity contribution is 0.619. The van der Waals surface area contributed by atoms with Crippen molar-refractivity contribution in [2.45, 2.75) is 0 Å². The molecule has 55 heavy (non-hydrogen) atoms. The number of fused-ring (bicyclic) bond motifs is 8. The van der Waals surface area contributed by atoms with Crippen LogP contribution < -0.4 is 4.90 Å². The first-order valence-corrected chi connectivity index (χ1v) is 18.5. The van der Waals surface area contributed by atoms with Crippen molar-refractivity contribution in [2.24, 2.45) is 0 Å². The van der Waals surface area contributed by atoms with Crippen LogP contribution in [0.5, 0.6) is 0 Å². The maximum Gasteiger partial charge on any atom is 0.227 e. The van der Waals surface area contributed by atoms with Gasteiger partial charge in [-0.15, -0.1) is 0 Å². The van der Waals surface area contributed by atoms with Gasteiger partial charge in [-0.3, -0.25) is 0 Å². The molecule has 0 aliphatic heterocycles. The number of oxazole rings is 1. The van der Waals surface area contributed by atoms with E-state index in [9.17, 15) is 0 Å². The molecule has 0 aliphatic rings. The van der Waals surface area contributed by atoms with Crippen LogP contribution in [0.4, 0.5) is 17.1 Å². The fourth-order valence-electron chi connectivity index (χ4n) is 7.97. The molecule has 9 aromatic carbocycles. The van der Waals surface area contributed by atoms with E-state index in [2.05, 4.69) is 157 Å². The van der Waals surface area contributed by atoms with Gasteiger partial charge < -0.3 is 13.7 Å². The van der Waals surface area contributed by atoms with Crippen molar-refractivity contribution >= 4 is 71.6 Å².